The van der Waals surface area contributed by atoms with E-state index < -0.39 is 30.9 Å². The average Bonchev–Trinajstić information content (AvgIpc) is 2.48. The van der Waals surface area contributed by atoms with Crippen molar-refractivity contribution in [1.82, 2.24) is 10.7 Å². The largest absolute Gasteiger partial charge is 0.511 e. The number of nitrogens with two attached hydrogens (primary N) is 2. The summed E-state index contributed by atoms with van der Waals surface area (Å²) in [4.78, 5) is 33.4. The standard InChI is InChI=1S/C10H19N5O7/c1-2-20-10(19)22-5-21-9(18)6(16)3-4-13-8(17)7(14-11)15-12/h6,16H,2-5,11-12H2,1H3,(H,13,17)(H,14,15). The van der Waals surface area contributed by atoms with Crippen LogP contribution in [0.25, 0.3) is 0 Å². The molecule has 0 aliphatic heterocycles. The Labute approximate surface area is 125 Å². The van der Waals surface area contributed by atoms with Crippen molar-refractivity contribution in [3.63, 3.8) is 0 Å². The lowest BCUT2D eigenvalue weighted by Gasteiger charge is -2.11. The third kappa shape index (κ3) is 7.86. The Morgan fingerprint density at radius 1 is 1.27 bits per heavy atom. The number of nitrogens with zero attached hydrogens (tertiary/aromatic N) is 1. The molecule has 0 bridgehead atoms. The molecule has 126 valence electrons. The predicted octanol–water partition coefficient (Wildman–Crippen LogP) is -2.74. The van der Waals surface area contributed by atoms with E-state index in [1.54, 1.807) is 6.92 Å². The fraction of sp³-hybridized carbons (Fsp3) is 0.600. The normalized spacial score (nSPS) is 12.0. The molecule has 0 saturated carbocycles. The monoisotopic (exact) mass is 321 g/mol. The smallest absolute Gasteiger partial charge is 0.435 e. The zero-order valence-corrected chi connectivity index (χ0v) is 11.9. The van der Waals surface area contributed by atoms with Gasteiger partial charge in [0.2, 0.25) is 12.6 Å². The topological polar surface area (TPSA) is 188 Å². The van der Waals surface area contributed by atoms with E-state index in [0.29, 0.717) is 0 Å². The maximum absolute atomic E-state index is 11.3. The molecule has 0 aromatic heterocycles. The number of nitrogens with one attached hydrogen (secondary N) is 2. The van der Waals surface area contributed by atoms with Crippen molar-refractivity contribution in [1.29, 1.82) is 0 Å². The molecule has 0 spiro atoms. The van der Waals surface area contributed by atoms with E-state index in [1.807, 2.05) is 5.43 Å². The van der Waals surface area contributed by atoms with Crippen LogP contribution in [0.5, 0.6) is 0 Å². The van der Waals surface area contributed by atoms with Crippen molar-refractivity contribution >= 4 is 23.9 Å². The molecule has 0 rings (SSSR count). The number of carbonyl (C=O) groups excluding carboxylic acids is 3. The summed E-state index contributed by atoms with van der Waals surface area (Å²) in [5, 5.41) is 14.8. The summed E-state index contributed by atoms with van der Waals surface area (Å²) >= 11 is 0. The van der Waals surface area contributed by atoms with Gasteiger partial charge in [-0.1, -0.05) is 0 Å². The highest BCUT2D eigenvalue weighted by atomic mass is 16.8. The van der Waals surface area contributed by atoms with Gasteiger partial charge in [0.25, 0.3) is 5.91 Å². The van der Waals surface area contributed by atoms with Gasteiger partial charge in [-0.05, 0) is 6.92 Å². The van der Waals surface area contributed by atoms with E-state index in [4.69, 9.17) is 11.7 Å². The first-order valence-electron chi connectivity index (χ1n) is 6.13. The molecule has 1 atom stereocenters. The van der Waals surface area contributed by atoms with Gasteiger partial charge in [0.1, 0.15) is 0 Å². The minimum Gasteiger partial charge on any atom is -0.435 e. The Kier molecular flexibility index (Phi) is 9.79. The Bertz CT molecular complexity index is 414. The lowest BCUT2D eigenvalue weighted by Crippen LogP contribution is -2.44. The van der Waals surface area contributed by atoms with Gasteiger partial charge in [-0.3, -0.25) is 4.79 Å². The number of hydrogen-bond acceptors (Lipinski definition) is 10. The zero-order chi connectivity index (χ0) is 17.0. The SMILES string of the molecule is CCOC(=O)OCOC(=O)C(O)CCNC(=O)/C(=N/N)NN. The van der Waals surface area contributed by atoms with Crippen molar-refractivity contribution in [2.75, 3.05) is 19.9 Å². The molecule has 7 N–H and O–H groups in total. The van der Waals surface area contributed by atoms with Crippen LogP contribution in [-0.2, 0) is 23.8 Å². The summed E-state index contributed by atoms with van der Waals surface area (Å²) < 4.78 is 13.3. The zero-order valence-electron chi connectivity index (χ0n) is 11.9. The summed E-state index contributed by atoms with van der Waals surface area (Å²) in [5.74, 6) is 7.79. The van der Waals surface area contributed by atoms with E-state index in [9.17, 15) is 19.5 Å². The summed E-state index contributed by atoms with van der Waals surface area (Å²) in [5.41, 5.74) is 1.96. The Balaban J connectivity index is 3.92. The highest BCUT2D eigenvalue weighted by Gasteiger charge is 2.18. The lowest BCUT2D eigenvalue weighted by atomic mass is 10.2. The second kappa shape index (κ2) is 11.1. The average molecular weight is 321 g/mol. The number of hydrazine groups is 1. The van der Waals surface area contributed by atoms with Crippen LogP contribution in [0.4, 0.5) is 4.79 Å². The maximum atomic E-state index is 11.3. The number of hydrazone groups is 1. The van der Waals surface area contributed by atoms with Gasteiger partial charge >= 0.3 is 12.1 Å². The number of amidine groups is 1. The first-order chi connectivity index (χ1) is 10.5. The van der Waals surface area contributed by atoms with Crippen molar-refractivity contribution in [3.8, 4) is 0 Å². The van der Waals surface area contributed by atoms with Crippen molar-refractivity contribution in [3.05, 3.63) is 0 Å². The molecular weight excluding hydrogens is 302 g/mol. The van der Waals surface area contributed by atoms with Crippen LogP contribution in [0.15, 0.2) is 5.10 Å². The maximum Gasteiger partial charge on any atom is 0.511 e. The molecule has 0 heterocycles. The Morgan fingerprint density at radius 2 is 1.95 bits per heavy atom. The third-order valence-electron chi connectivity index (χ3n) is 2.10. The van der Waals surface area contributed by atoms with E-state index in [-0.39, 0.29) is 25.4 Å². The summed E-state index contributed by atoms with van der Waals surface area (Å²) in [7, 11) is 0. The molecule has 0 fully saturated rings. The predicted molar refractivity (Wildman–Crippen MR) is 71.6 cm³/mol. The van der Waals surface area contributed by atoms with Gasteiger partial charge in [0.15, 0.2) is 6.10 Å². The second-order valence-corrected chi connectivity index (χ2v) is 3.59. The molecule has 12 nitrogen and oxygen atoms in total. The molecule has 1 unspecified atom stereocenters. The fourth-order valence-corrected chi connectivity index (χ4v) is 1.08. The van der Waals surface area contributed by atoms with Gasteiger partial charge < -0.3 is 35.9 Å². The molecule has 0 aromatic rings. The molecule has 12 heteroatoms. The van der Waals surface area contributed by atoms with Gasteiger partial charge in [-0.15, -0.1) is 0 Å². The highest BCUT2D eigenvalue weighted by Crippen LogP contribution is 1.95. The van der Waals surface area contributed by atoms with E-state index in [1.165, 1.54) is 0 Å². The van der Waals surface area contributed by atoms with Gasteiger partial charge in [-0.2, -0.15) is 5.10 Å². The number of aliphatic hydroxyl groups is 1. The first-order valence-corrected chi connectivity index (χ1v) is 6.13. The van der Waals surface area contributed by atoms with Gasteiger partial charge in [0.05, 0.1) is 6.61 Å². The van der Waals surface area contributed by atoms with E-state index >= 15 is 0 Å². The second-order valence-electron chi connectivity index (χ2n) is 3.59. The van der Waals surface area contributed by atoms with Gasteiger partial charge in [-0.25, -0.2) is 15.4 Å². The highest BCUT2D eigenvalue weighted by molar-refractivity contribution is 6.37. The van der Waals surface area contributed by atoms with Crippen LogP contribution < -0.4 is 22.4 Å². The summed E-state index contributed by atoms with van der Waals surface area (Å²) in [6.07, 6.45) is -2.66. The van der Waals surface area contributed by atoms with Crippen LogP contribution in [0.2, 0.25) is 0 Å². The number of hydrogen-bond donors (Lipinski definition) is 5. The van der Waals surface area contributed by atoms with Crippen LogP contribution >= 0.6 is 0 Å². The summed E-state index contributed by atoms with van der Waals surface area (Å²) in [6, 6.07) is 0. The Morgan fingerprint density at radius 3 is 2.50 bits per heavy atom. The quantitative estimate of drug-likeness (QED) is 0.0821. The number of amides is 1. The van der Waals surface area contributed by atoms with E-state index in [2.05, 4.69) is 24.6 Å². The number of ether oxygens (including phenoxy) is 3. The van der Waals surface area contributed by atoms with Crippen molar-refractivity contribution in [2.24, 2.45) is 16.8 Å². The Hall–Kier alpha value is -2.60. The minimum absolute atomic E-state index is 0.0749. The number of carbonyl (C=O) groups is 3. The number of rotatable bonds is 7. The third-order valence-corrected chi connectivity index (χ3v) is 2.10. The lowest BCUT2D eigenvalue weighted by molar-refractivity contribution is -0.163. The molecule has 0 aliphatic rings. The number of esters is 1. The molecule has 1 amide bonds. The van der Waals surface area contributed by atoms with Gasteiger partial charge in [0, 0.05) is 13.0 Å². The molecule has 0 radical (unpaired) electrons. The summed E-state index contributed by atoms with van der Waals surface area (Å²) in [6.45, 7) is 0.920. The van der Waals surface area contributed by atoms with Crippen molar-refractivity contribution in [2.45, 2.75) is 19.4 Å². The van der Waals surface area contributed by atoms with Crippen molar-refractivity contribution < 1.29 is 33.7 Å². The molecule has 0 aromatic carbocycles. The number of aliphatic hydroxyl groups excluding tert-OH is 1. The molecule has 22 heavy (non-hydrogen) atoms. The molecule has 0 aliphatic carbocycles. The van der Waals surface area contributed by atoms with Crippen LogP contribution in [0, 0.1) is 0 Å². The van der Waals surface area contributed by atoms with Crippen LogP contribution in [0.1, 0.15) is 13.3 Å². The fourth-order valence-electron chi connectivity index (χ4n) is 1.08. The van der Waals surface area contributed by atoms with Crippen LogP contribution in [0.3, 0.4) is 0 Å². The minimum atomic E-state index is -1.52. The van der Waals surface area contributed by atoms with Crippen LogP contribution in [-0.4, -0.2) is 55.0 Å². The molecule has 0 saturated heterocycles. The molecular formula is C10H19N5O7. The van der Waals surface area contributed by atoms with E-state index in [0.717, 1.165) is 0 Å². The first kappa shape index (κ1) is 19.4.